The number of carboxylic acid groups (broad SMARTS) is 1. The summed E-state index contributed by atoms with van der Waals surface area (Å²) in [5, 5.41) is 7.31. The first-order chi connectivity index (χ1) is 1.73. The van der Waals surface area contributed by atoms with Gasteiger partial charge < -0.3 is 5.11 Å². The molecule has 0 aliphatic carbocycles. The molecule has 0 atom stereocenters. The van der Waals surface area contributed by atoms with Crippen molar-refractivity contribution in [2.24, 2.45) is 0 Å². The molecule has 5 heavy (non-hydrogen) atoms. The zero-order chi connectivity index (χ0) is 3.58. The Hall–Kier alpha value is -0.0106. The molecule has 31 valence electrons. The van der Waals surface area contributed by atoms with Crippen LogP contribution in [0.4, 0.5) is 0 Å². The Balaban J connectivity index is 0. The van der Waals surface area contributed by atoms with Crippen LogP contribution < -0.4 is 0 Å². The molecule has 0 saturated heterocycles. The molecule has 0 spiro atoms. The van der Waals surface area contributed by atoms with Gasteiger partial charge in [-0.3, -0.25) is 11.7 Å². The first kappa shape index (κ1) is 8.89. The maximum atomic E-state index is 8.89. The summed E-state index contributed by atoms with van der Waals surface area (Å²) in [6.45, 7) is 2.56. The van der Waals surface area contributed by atoms with Gasteiger partial charge in [0, 0.05) is 20.1 Å². The van der Waals surface area contributed by atoms with Crippen LogP contribution in [0.25, 0.3) is 0 Å². The molecule has 0 unspecified atom stereocenters. The molecule has 0 fully saturated rings. The van der Waals surface area contributed by atoms with Crippen LogP contribution in [0, 0.1) is 6.92 Å². The van der Waals surface area contributed by atoms with Gasteiger partial charge in [0.15, 0.2) is 5.97 Å². The summed E-state index contributed by atoms with van der Waals surface area (Å²) in [6.07, 6.45) is 0. The molecular formula is C2H3O2Tc-. The van der Waals surface area contributed by atoms with E-state index in [4.69, 9.17) is 9.90 Å². The number of aliphatic carboxylic acids is 1. The molecule has 0 heterocycles. The van der Waals surface area contributed by atoms with E-state index >= 15 is 0 Å². The summed E-state index contributed by atoms with van der Waals surface area (Å²) in [7, 11) is 0. The number of carbonyl (C=O) groups is 1. The minimum absolute atomic E-state index is 0. The monoisotopic (exact) mass is 156 g/mol. The summed E-state index contributed by atoms with van der Waals surface area (Å²) in [6, 6.07) is 0. The van der Waals surface area contributed by atoms with Crippen molar-refractivity contribution in [3.8, 4) is 0 Å². The first-order valence-corrected chi connectivity index (χ1v) is 0.781. The van der Waals surface area contributed by atoms with Crippen LogP contribution >= 0.6 is 0 Å². The van der Waals surface area contributed by atoms with Gasteiger partial charge in [0.05, 0.1) is 0 Å². The standard InChI is InChI=1S/C2H3O2.Tc/c1-2(3)4;/h1H2,(H,3,4);/q-1;. The average molecular weight is 157 g/mol. The molecule has 1 radical (unpaired) electrons. The van der Waals surface area contributed by atoms with Gasteiger partial charge in [-0.2, -0.15) is 0 Å². The van der Waals surface area contributed by atoms with E-state index in [2.05, 4.69) is 6.92 Å². The van der Waals surface area contributed by atoms with Crippen molar-refractivity contribution in [1.82, 2.24) is 0 Å². The van der Waals surface area contributed by atoms with Gasteiger partial charge in [-0.05, 0) is 0 Å². The largest absolute Gasteiger partial charge is 0.503 e. The van der Waals surface area contributed by atoms with Gasteiger partial charge in [0.25, 0.3) is 0 Å². The molecule has 0 amide bonds. The Labute approximate surface area is 43.5 Å². The SMILES string of the molecule is [CH2-]C(=O)O.[Tc]. The third-order valence-electron chi connectivity index (χ3n) is 0. The maximum Gasteiger partial charge on any atom is 0.161 e. The van der Waals surface area contributed by atoms with Crippen LogP contribution in [0.5, 0.6) is 0 Å². The van der Waals surface area contributed by atoms with Crippen LogP contribution in [0.1, 0.15) is 0 Å². The third kappa shape index (κ3) is 139000. The van der Waals surface area contributed by atoms with Crippen molar-refractivity contribution in [2.45, 2.75) is 0 Å². The number of carboxylic acids is 1. The maximum absolute atomic E-state index is 8.89. The van der Waals surface area contributed by atoms with Crippen molar-refractivity contribution in [3.63, 3.8) is 0 Å². The van der Waals surface area contributed by atoms with E-state index in [9.17, 15) is 0 Å². The predicted molar refractivity (Wildman–Crippen MR) is 13.0 cm³/mol. The second-order valence-corrected chi connectivity index (χ2v) is 0.394. The van der Waals surface area contributed by atoms with Crippen LogP contribution in [0.2, 0.25) is 0 Å². The fourth-order valence-corrected chi connectivity index (χ4v) is 0. The Morgan fingerprint density at radius 2 is 1.80 bits per heavy atom. The Morgan fingerprint density at radius 1 is 1.80 bits per heavy atom. The summed E-state index contributed by atoms with van der Waals surface area (Å²) in [5.41, 5.74) is 0. The van der Waals surface area contributed by atoms with Crippen LogP contribution in [-0.2, 0) is 24.9 Å². The normalized spacial score (nSPS) is 4.80. The summed E-state index contributed by atoms with van der Waals surface area (Å²) in [4.78, 5) is 8.89. The van der Waals surface area contributed by atoms with E-state index in [1.165, 1.54) is 0 Å². The molecule has 0 aromatic heterocycles. The molecule has 0 bridgehead atoms. The van der Waals surface area contributed by atoms with E-state index in [0.29, 0.717) is 0 Å². The van der Waals surface area contributed by atoms with E-state index in [-0.39, 0.29) is 20.1 Å². The van der Waals surface area contributed by atoms with Gasteiger partial charge in [0.2, 0.25) is 0 Å². The van der Waals surface area contributed by atoms with E-state index < -0.39 is 5.97 Å². The number of hydrogen-bond acceptors (Lipinski definition) is 1. The summed E-state index contributed by atoms with van der Waals surface area (Å²) in [5.74, 6) is -1.08. The molecule has 0 aromatic rings. The molecule has 0 aliphatic rings. The van der Waals surface area contributed by atoms with Crippen molar-refractivity contribution in [1.29, 1.82) is 0 Å². The van der Waals surface area contributed by atoms with Gasteiger partial charge in [-0.15, -0.1) is 0 Å². The fourth-order valence-electron chi connectivity index (χ4n) is 0. The Bertz CT molecular complexity index is 30.6. The van der Waals surface area contributed by atoms with Gasteiger partial charge in [-0.1, -0.05) is 0 Å². The second-order valence-electron chi connectivity index (χ2n) is 0.394. The second kappa shape index (κ2) is 3.99. The van der Waals surface area contributed by atoms with Crippen molar-refractivity contribution in [2.75, 3.05) is 0 Å². The summed E-state index contributed by atoms with van der Waals surface area (Å²) >= 11 is 0. The summed E-state index contributed by atoms with van der Waals surface area (Å²) < 4.78 is 0. The number of hydrogen-bond donors (Lipinski definition) is 1. The predicted octanol–water partition coefficient (Wildman–Crippen LogP) is -0.0974. The molecule has 1 N–H and O–H groups in total. The van der Waals surface area contributed by atoms with Crippen LogP contribution in [0.3, 0.4) is 0 Å². The third-order valence-corrected chi connectivity index (χ3v) is 0. The van der Waals surface area contributed by atoms with Crippen LogP contribution in [-0.4, -0.2) is 11.1 Å². The van der Waals surface area contributed by atoms with E-state index in [1.54, 1.807) is 0 Å². The topological polar surface area (TPSA) is 37.3 Å². The molecular weight excluding hydrogens is 154 g/mol. The fraction of sp³-hybridized carbons (Fsp3) is 0. The van der Waals surface area contributed by atoms with Crippen molar-refractivity contribution >= 4 is 5.97 Å². The zero-order valence-electron chi connectivity index (χ0n) is 2.44. The zero-order valence-corrected chi connectivity index (χ0v) is 4.30. The van der Waals surface area contributed by atoms with Crippen molar-refractivity contribution in [3.05, 3.63) is 6.92 Å². The Kier molecular flexibility index (Phi) is 7.09. The molecule has 3 heteroatoms. The van der Waals surface area contributed by atoms with Gasteiger partial charge in [0.1, 0.15) is 0 Å². The first-order valence-electron chi connectivity index (χ1n) is 0.781. The minimum Gasteiger partial charge on any atom is -0.503 e. The molecule has 2 nitrogen and oxygen atoms in total. The molecule has 0 rings (SSSR count). The molecule has 0 aromatic carbocycles. The van der Waals surface area contributed by atoms with Crippen molar-refractivity contribution < 1.29 is 30.0 Å². The number of rotatable bonds is 0. The quantitative estimate of drug-likeness (QED) is 0.498. The molecule has 0 saturated carbocycles. The van der Waals surface area contributed by atoms with Gasteiger partial charge >= 0.3 is 0 Å². The van der Waals surface area contributed by atoms with Crippen LogP contribution in [0.15, 0.2) is 0 Å². The van der Waals surface area contributed by atoms with E-state index in [1.807, 2.05) is 0 Å². The smallest absolute Gasteiger partial charge is 0.161 e. The average Bonchev–Trinajstić information content (AvgIpc) is 0.811. The Morgan fingerprint density at radius 3 is 1.80 bits per heavy atom. The van der Waals surface area contributed by atoms with Gasteiger partial charge in [-0.25, -0.2) is 0 Å². The van der Waals surface area contributed by atoms with E-state index in [0.717, 1.165) is 0 Å². The minimum atomic E-state index is -1.08. The molecule has 0 aliphatic heterocycles.